The monoisotopic (exact) mass is 387 g/mol. The van der Waals surface area contributed by atoms with Crippen LogP contribution < -0.4 is 14.8 Å². The van der Waals surface area contributed by atoms with Crippen molar-refractivity contribution >= 4 is 23.3 Å². The minimum Gasteiger partial charge on any atom is -0.454 e. The van der Waals surface area contributed by atoms with E-state index in [1.54, 1.807) is 18.2 Å². The summed E-state index contributed by atoms with van der Waals surface area (Å²) >= 11 is 0. The number of hydrogen-bond donors (Lipinski definition) is 1. The van der Waals surface area contributed by atoms with E-state index in [1.807, 2.05) is 0 Å². The number of carbonyl (C=O) groups excluding carboxylic acids is 3. The Morgan fingerprint density at radius 3 is 2.54 bits per heavy atom. The van der Waals surface area contributed by atoms with Gasteiger partial charge in [0.05, 0.1) is 6.42 Å². The molecule has 0 radical (unpaired) electrons. The van der Waals surface area contributed by atoms with Gasteiger partial charge in [-0.2, -0.15) is 0 Å². The molecular weight excluding hydrogens is 369 g/mol. The van der Waals surface area contributed by atoms with Crippen molar-refractivity contribution in [2.45, 2.75) is 25.9 Å². The number of ether oxygens (including phenoxy) is 3. The van der Waals surface area contributed by atoms with E-state index >= 15 is 0 Å². The van der Waals surface area contributed by atoms with Gasteiger partial charge in [0.15, 0.2) is 23.4 Å². The van der Waals surface area contributed by atoms with Gasteiger partial charge >= 0.3 is 5.97 Å². The number of amides is 1. The molecule has 28 heavy (non-hydrogen) atoms. The highest BCUT2D eigenvalue weighted by molar-refractivity contribution is 5.98. The lowest BCUT2D eigenvalue weighted by molar-refractivity contribution is -0.153. The zero-order chi connectivity index (χ0) is 20.1. The number of benzene rings is 2. The highest BCUT2D eigenvalue weighted by atomic mass is 19.1. The first kappa shape index (κ1) is 19.3. The molecule has 1 amide bonds. The van der Waals surface area contributed by atoms with Crippen LogP contribution in [0.5, 0.6) is 11.5 Å². The predicted molar refractivity (Wildman–Crippen MR) is 96.7 cm³/mol. The summed E-state index contributed by atoms with van der Waals surface area (Å²) in [6, 6.07) is 9.96. The minimum absolute atomic E-state index is 0.0963. The largest absolute Gasteiger partial charge is 0.454 e. The SMILES string of the molecule is C[C@H](OC(=O)CCC(=O)c1ccc(F)cc1)C(=O)Nc1ccc2c(c1)OCO2. The van der Waals surface area contributed by atoms with Gasteiger partial charge in [0.2, 0.25) is 6.79 Å². The highest BCUT2D eigenvalue weighted by Gasteiger charge is 2.20. The molecule has 1 heterocycles. The van der Waals surface area contributed by atoms with E-state index < -0.39 is 23.8 Å². The summed E-state index contributed by atoms with van der Waals surface area (Å²) in [5.74, 6) is -0.849. The first-order chi connectivity index (χ1) is 13.4. The molecule has 7 nitrogen and oxygen atoms in total. The van der Waals surface area contributed by atoms with Crippen LogP contribution in [0.4, 0.5) is 10.1 Å². The fourth-order valence-corrected chi connectivity index (χ4v) is 2.52. The third-order valence-electron chi connectivity index (χ3n) is 4.04. The van der Waals surface area contributed by atoms with Crippen LogP contribution in [0.15, 0.2) is 42.5 Å². The summed E-state index contributed by atoms with van der Waals surface area (Å²) in [5.41, 5.74) is 0.784. The van der Waals surface area contributed by atoms with Crippen LogP contribution >= 0.6 is 0 Å². The maximum atomic E-state index is 12.9. The van der Waals surface area contributed by atoms with Gasteiger partial charge in [-0.05, 0) is 43.3 Å². The Kier molecular flexibility index (Phi) is 5.88. The van der Waals surface area contributed by atoms with Crippen molar-refractivity contribution in [2.24, 2.45) is 0 Å². The second-order valence-electron chi connectivity index (χ2n) is 6.12. The summed E-state index contributed by atoms with van der Waals surface area (Å²) in [4.78, 5) is 36.1. The van der Waals surface area contributed by atoms with Crippen LogP contribution in [-0.2, 0) is 14.3 Å². The van der Waals surface area contributed by atoms with Crippen molar-refractivity contribution in [3.05, 3.63) is 53.8 Å². The molecule has 2 aromatic rings. The topological polar surface area (TPSA) is 90.9 Å². The molecule has 0 unspecified atom stereocenters. The van der Waals surface area contributed by atoms with Gasteiger partial charge in [-0.1, -0.05) is 0 Å². The molecule has 1 atom stereocenters. The Morgan fingerprint density at radius 2 is 1.79 bits per heavy atom. The van der Waals surface area contributed by atoms with Crippen molar-refractivity contribution < 1.29 is 33.0 Å². The van der Waals surface area contributed by atoms with Crippen molar-refractivity contribution in [2.75, 3.05) is 12.1 Å². The summed E-state index contributed by atoms with van der Waals surface area (Å²) in [6.45, 7) is 1.55. The van der Waals surface area contributed by atoms with Gasteiger partial charge in [-0.15, -0.1) is 0 Å². The van der Waals surface area contributed by atoms with Crippen molar-refractivity contribution in [1.82, 2.24) is 0 Å². The van der Waals surface area contributed by atoms with Gasteiger partial charge in [-0.25, -0.2) is 4.39 Å². The summed E-state index contributed by atoms with van der Waals surface area (Å²) in [6.07, 6.45) is -1.32. The van der Waals surface area contributed by atoms with Crippen molar-refractivity contribution in [3.8, 4) is 11.5 Å². The summed E-state index contributed by atoms with van der Waals surface area (Å²) in [5, 5.41) is 2.62. The zero-order valence-electron chi connectivity index (χ0n) is 15.1. The molecule has 0 bridgehead atoms. The Bertz CT molecular complexity index is 896. The molecule has 0 spiro atoms. The summed E-state index contributed by atoms with van der Waals surface area (Å²) < 4.78 is 28.4. The lowest BCUT2D eigenvalue weighted by Gasteiger charge is -2.13. The summed E-state index contributed by atoms with van der Waals surface area (Å²) in [7, 11) is 0. The fraction of sp³-hybridized carbons (Fsp3) is 0.250. The van der Waals surface area contributed by atoms with Crippen molar-refractivity contribution in [1.29, 1.82) is 0 Å². The first-order valence-electron chi connectivity index (χ1n) is 8.61. The quantitative estimate of drug-likeness (QED) is 0.580. The Labute approximate surface area is 160 Å². The van der Waals surface area contributed by atoms with Crippen LogP contribution in [0.3, 0.4) is 0 Å². The molecule has 2 aromatic carbocycles. The van der Waals surface area contributed by atoms with Gasteiger partial charge in [0.1, 0.15) is 5.82 Å². The normalized spacial score (nSPS) is 12.9. The lowest BCUT2D eigenvalue weighted by atomic mass is 10.1. The van der Waals surface area contributed by atoms with Crippen molar-refractivity contribution in [3.63, 3.8) is 0 Å². The van der Waals surface area contributed by atoms with Crippen LogP contribution in [0.1, 0.15) is 30.1 Å². The standard InChI is InChI=1S/C20H18FNO6/c1-12(20(25)22-15-6-8-17-18(10-15)27-11-26-17)28-19(24)9-7-16(23)13-2-4-14(21)5-3-13/h2-6,8,10,12H,7,9,11H2,1H3,(H,22,25)/t12-/m0/s1. The van der Waals surface area contributed by atoms with Crippen LogP contribution in [0.2, 0.25) is 0 Å². The Balaban J connectivity index is 1.46. The number of ketones is 1. The molecule has 0 fully saturated rings. The number of carbonyl (C=O) groups is 3. The van der Waals surface area contributed by atoms with E-state index in [-0.39, 0.29) is 25.4 Å². The smallest absolute Gasteiger partial charge is 0.307 e. The van der Waals surface area contributed by atoms with E-state index in [9.17, 15) is 18.8 Å². The second kappa shape index (κ2) is 8.51. The van der Waals surface area contributed by atoms with E-state index in [2.05, 4.69) is 5.32 Å². The predicted octanol–water partition coefficient (Wildman–Crippen LogP) is 3.09. The second-order valence-corrected chi connectivity index (χ2v) is 6.12. The number of Topliss-reactive ketones (excluding diaryl/α,β-unsaturated/α-hetero) is 1. The molecule has 1 aliphatic rings. The number of rotatable bonds is 7. The maximum Gasteiger partial charge on any atom is 0.307 e. The highest BCUT2D eigenvalue weighted by Crippen LogP contribution is 2.34. The molecule has 0 aromatic heterocycles. The third-order valence-corrected chi connectivity index (χ3v) is 4.04. The molecule has 3 rings (SSSR count). The Morgan fingerprint density at radius 1 is 1.07 bits per heavy atom. The lowest BCUT2D eigenvalue weighted by Crippen LogP contribution is -2.30. The molecule has 0 saturated heterocycles. The average molecular weight is 387 g/mol. The third kappa shape index (κ3) is 4.85. The number of halogens is 1. The number of hydrogen-bond acceptors (Lipinski definition) is 6. The maximum absolute atomic E-state index is 12.9. The van der Waals surface area contributed by atoms with E-state index in [0.717, 1.165) is 0 Å². The average Bonchev–Trinajstić information content (AvgIpc) is 3.14. The van der Waals surface area contributed by atoms with Crippen LogP contribution in [0, 0.1) is 5.82 Å². The number of fused-ring (bicyclic) bond motifs is 1. The van der Waals surface area contributed by atoms with Crippen LogP contribution in [0.25, 0.3) is 0 Å². The molecular formula is C20H18FNO6. The minimum atomic E-state index is -1.04. The fourth-order valence-electron chi connectivity index (χ4n) is 2.52. The Hall–Kier alpha value is -3.42. The van der Waals surface area contributed by atoms with E-state index in [0.29, 0.717) is 22.7 Å². The van der Waals surface area contributed by atoms with Gasteiger partial charge in [0.25, 0.3) is 5.91 Å². The molecule has 0 saturated carbocycles. The van der Waals surface area contributed by atoms with Gasteiger partial charge < -0.3 is 19.5 Å². The molecule has 8 heteroatoms. The molecule has 1 aliphatic heterocycles. The number of anilines is 1. The van der Waals surface area contributed by atoms with Crippen LogP contribution in [-0.4, -0.2) is 30.6 Å². The van der Waals surface area contributed by atoms with E-state index in [1.165, 1.54) is 31.2 Å². The molecule has 146 valence electrons. The molecule has 0 aliphatic carbocycles. The number of nitrogens with one attached hydrogen (secondary N) is 1. The number of esters is 1. The zero-order valence-corrected chi connectivity index (χ0v) is 15.1. The molecule has 1 N–H and O–H groups in total. The van der Waals surface area contributed by atoms with E-state index in [4.69, 9.17) is 14.2 Å². The first-order valence-corrected chi connectivity index (χ1v) is 8.61. The van der Waals surface area contributed by atoms with Gasteiger partial charge in [-0.3, -0.25) is 14.4 Å². The van der Waals surface area contributed by atoms with Gasteiger partial charge in [0, 0.05) is 23.7 Å².